The molecule has 0 bridgehead atoms. The summed E-state index contributed by atoms with van der Waals surface area (Å²) in [5.41, 5.74) is 1.39. The third-order valence-corrected chi connectivity index (χ3v) is 3.54. The Morgan fingerprint density at radius 1 is 1.13 bits per heavy atom. The van der Waals surface area contributed by atoms with E-state index in [4.69, 9.17) is 10.00 Å². The minimum absolute atomic E-state index is 0.367. The smallest absolute Gasteiger partial charge is 0.338 e. The average Bonchev–Trinajstić information content (AvgIpc) is 2.56. The highest BCUT2D eigenvalue weighted by atomic mass is 79.9. The standard InChI is InChI=1S/C17H13BrN2O3/c1-11(23-17(22)13-4-6-14(18)7-5-13)16(21)20-15-8-2-12(10-19)3-9-15/h2-9,11H,1H3,(H,20,21)/t11-/m1/s1. The Labute approximate surface area is 142 Å². The maximum Gasteiger partial charge on any atom is 0.338 e. The highest BCUT2D eigenvalue weighted by Gasteiger charge is 2.19. The summed E-state index contributed by atoms with van der Waals surface area (Å²) < 4.78 is 5.98. The van der Waals surface area contributed by atoms with Crippen LogP contribution in [0.1, 0.15) is 22.8 Å². The van der Waals surface area contributed by atoms with Crippen LogP contribution in [0.3, 0.4) is 0 Å². The number of esters is 1. The van der Waals surface area contributed by atoms with E-state index in [0.717, 1.165) is 4.47 Å². The molecule has 116 valence electrons. The highest BCUT2D eigenvalue weighted by Crippen LogP contribution is 2.13. The molecule has 6 heteroatoms. The Balaban J connectivity index is 1.95. The molecular formula is C17H13BrN2O3. The topological polar surface area (TPSA) is 79.2 Å². The number of rotatable bonds is 4. The van der Waals surface area contributed by atoms with Crippen LogP contribution in [0.4, 0.5) is 5.69 Å². The van der Waals surface area contributed by atoms with Gasteiger partial charge in [0, 0.05) is 10.2 Å². The molecule has 0 unspecified atom stereocenters. The largest absolute Gasteiger partial charge is 0.449 e. The molecule has 0 fully saturated rings. The molecule has 23 heavy (non-hydrogen) atoms. The first-order chi connectivity index (χ1) is 11.0. The second kappa shape index (κ2) is 7.56. The van der Waals surface area contributed by atoms with Crippen molar-refractivity contribution in [3.63, 3.8) is 0 Å². The minimum Gasteiger partial charge on any atom is -0.449 e. The first kappa shape index (κ1) is 16.7. The van der Waals surface area contributed by atoms with E-state index in [1.165, 1.54) is 6.92 Å². The fraction of sp³-hybridized carbons (Fsp3) is 0.118. The lowest BCUT2D eigenvalue weighted by Crippen LogP contribution is -2.30. The van der Waals surface area contributed by atoms with Crippen molar-refractivity contribution in [2.24, 2.45) is 0 Å². The molecule has 0 radical (unpaired) electrons. The van der Waals surface area contributed by atoms with Crippen LogP contribution in [-0.4, -0.2) is 18.0 Å². The predicted molar refractivity (Wildman–Crippen MR) is 88.8 cm³/mol. The monoisotopic (exact) mass is 372 g/mol. The van der Waals surface area contributed by atoms with Crippen LogP contribution < -0.4 is 5.32 Å². The van der Waals surface area contributed by atoms with Gasteiger partial charge in [-0.05, 0) is 55.5 Å². The molecular weight excluding hydrogens is 360 g/mol. The highest BCUT2D eigenvalue weighted by molar-refractivity contribution is 9.10. The van der Waals surface area contributed by atoms with E-state index in [9.17, 15) is 9.59 Å². The number of hydrogen-bond acceptors (Lipinski definition) is 4. The lowest BCUT2D eigenvalue weighted by Gasteiger charge is -2.13. The molecule has 0 saturated carbocycles. The van der Waals surface area contributed by atoms with Gasteiger partial charge in [-0.25, -0.2) is 4.79 Å². The molecule has 1 amide bonds. The van der Waals surface area contributed by atoms with Crippen LogP contribution in [0.5, 0.6) is 0 Å². The predicted octanol–water partition coefficient (Wildman–Crippen LogP) is 3.50. The van der Waals surface area contributed by atoms with Gasteiger partial charge in [0.15, 0.2) is 6.10 Å². The number of anilines is 1. The van der Waals surface area contributed by atoms with E-state index in [1.807, 2.05) is 6.07 Å². The van der Waals surface area contributed by atoms with Crippen LogP contribution in [0, 0.1) is 11.3 Å². The Morgan fingerprint density at radius 3 is 2.30 bits per heavy atom. The normalized spacial score (nSPS) is 11.2. The fourth-order valence-electron chi connectivity index (χ4n) is 1.74. The number of nitriles is 1. The van der Waals surface area contributed by atoms with Crippen molar-refractivity contribution in [3.05, 3.63) is 64.1 Å². The number of nitrogens with zero attached hydrogens (tertiary/aromatic N) is 1. The third kappa shape index (κ3) is 4.66. The van der Waals surface area contributed by atoms with Crippen molar-refractivity contribution in [2.75, 3.05) is 5.32 Å². The molecule has 0 saturated heterocycles. The van der Waals surface area contributed by atoms with Gasteiger partial charge >= 0.3 is 5.97 Å². The molecule has 2 rings (SSSR count). The molecule has 0 aliphatic carbocycles. The van der Waals surface area contributed by atoms with E-state index in [1.54, 1.807) is 48.5 Å². The van der Waals surface area contributed by atoms with E-state index in [-0.39, 0.29) is 0 Å². The first-order valence-electron chi connectivity index (χ1n) is 6.77. The summed E-state index contributed by atoms with van der Waals surface area (Å²) in [6, 6.07) is 15.1. The fourth-order valence-corrected chi connectivity index (χ4v) is 2.00. The van der Waals surface area contributed by atoms with E-state index >= 15 is 0 Å². The van der Waals surface area contributed by atoms with Crippen LogP contribution in [0.15, 0.2) is 53.0 Å². The van der Waals surface area contributed by atoms with Gasteiger partial charge in [0.2, 0.25) is 0 Å². The van der Waals surface area contributed by atoms with Gasteiger partial charge in [0.1, 0.15) is 0 Å². The summed E-state index contributed by atoms with van der Waals surface area (Å²) in [6.45, 7) is 1.50. The van der Waals surface area contributed by atoms with E-state index in [2.05, 4.69) is 21.2 Å². The van der Waals surface area contributed by atoms with Crippen molar-refractivity contribution in [1.29, 1.82) is 5.26 Å². The quantitative estimate of drug-likeness (QED) is 0.832. The van der Waals surface area contributed by atoms with Crippen LogP contribution in [0.2, 0.25) is 0 Å². The van der Waals surface area contributed by atoms with Crippen molar-refractivity contribution in [2.45, 2.75) is 13.0 Å². The van der Waals surface area contributed by atoms with E-state index < -0.39 is 18.0 Å². The molecule has 0 aliphatic rings. The number of benzene rings is 2. The number of halogens is 1. The molecule has 5 nitrogen and oxygen atoms in total. The van der Waals surface area contributed by atoms with Gasteiger partial charge in [-0.15, -0.1) is 0 Å². The molecule has 1 N–H and O–H groups in total. The number of ether oxygens (including phenoxy) is 1. The molecule has 1 atom stereocenters. The number of carbonyl (C=O) groups excluding carboxylic acids is 2. The number of hydrogen-bond donors (Lipinski definition) is 1. The summed E-state index contributed by atoms with van der Waals surface area (Å²) in [5.74, 6) is -1.01. The third-order valence-electron chi connectivity index (χ3n) is 3.01. The summed E-state index contributed by atoms with van der Waals surface area (Å²) in [7, 11) is 0. The molecule has 0 aliphatic heterocycles. The van der Waals surface area contributed by atoms with Crippen molar-refractivity contribution < 1.29 is 14.3 Å². The molecule has 0 aromatic heterocycles. The summed E-state index contributed by atoms with van der Waals surface area (Å²) in [4.78, 5) is 24.0. The van der Waals surface area contributed by atoms with Crippen molar-refractivity contribution >= 4 is 33.5 Å². The van der Waals surface area contributed by atoms with Gasteiger partial charge in [-0.3, -0.25) is 4.79 Å². The summed E-state index contributed by atoms with van der Waals surface area (Å²) in [5, 5.41) is 11.4. The zero-order valence-corrected chi connectivity index (χ0v) is 13.8. The Morgan fingerprint density at radius 2 is 1.74 bits per heavy atom. The van der Waals surface area contributed by atoms with Gasteiger partial charge in [-0.1, -0.05) is 15.9 Å². The molecule has 2 aromatic rings. The molecule has 0 spiro atoms. The average molecular weight is 373 g/mol. The minimum atomic E-state index is -0.943. The zero-order chi connectivity index (χ0) is 16.8. The van der Waals surface area contributed by atoms with Crippen LogP contribution >= 0.6 is 15.9 Å². The van der Waals surface area contributed by atoms with E-state index in [0.29, 0.717) is 16.8 Å². The van der Waals surface area contributed by atoms with Crippen LogP contribution in [-0.2, 0) is 9.53 Å². The first-order valence-corrected chi connectivity index (χ1v) is 7.56. The SMILES string of the molecule is C[C@@H](OC(=O)c1ccc(Br)cc1)C(=O)Nc1ccc(C#N)cc1. The van der Waals surface area contributed by atoms with Gasteiger partial charge in [0.25, 0.3) is 5.91 Å². The van der Waals surface area contributed by atoms with Gasteiger partial charge in [0.05, 0.1) is 17.2 Å². The molecule has 2 aromatic carbocycles. The number of nitrogens with one attached hydrogen (secondary N) is 1. The van der Waals surface area contributed by atoms with Crippen LogP contribution in [0.25, 0.3) is 0 Å². The Hall–Kier alpha value is -2.65. The second-order valence-electron chi connectivity index (χ2n) is 4.73. The maximum atomic E-state index is 12.0. The second-order valence-corrected chi connectivity index (χ2v) is 5.65. The maximum absolute atomic E-state index is 12.0. The summed E-state index contributed by atoms with van der Waals surface area (Å²) in [6.07, 6.45) is -0.943. The molecule has 0 heterocycles. The lowest BCUT2D eigenvalue weighted by molar-refractivity contribution is -0.123. The van der Waals surface area contributed by atoms with Crippen molar-refractivity contribution in [1.82, 2.24) is 0 Å². The Kier molecular flexibility index (Phi) is 5.50. The zero-order valence-electron chi connectivity index (χ0n) is 12.2. The number of carbonyl (C=O) groups is 2. The lowest BCUT2D eigenvalue weighted by atomic mass is 10.2. The van der Waals surface area contributed by atoms with Crippen molar-refractivity contribution in [3.8, 4) is 6.07 Å². The number of amides is 1. The summed E-state index contributed by atoms with van der Waals surface area (Å²) >= 11 is 3.28. The Bertz CT molecular complexity index is 749. The van der Waals surface area contributed by atoms with Gasteiger partial charge < -0.3 is 10.1 Å². The van der Waals surface area contributed by atoms with Gasteiger partial charge in [-0.2, -0.15) is 5.26 Å².